The maximum absolute atomic E-state index is 10.7. The number of nitro groups is 1. The Kier molecular flexibility index (Phi) is 2.09. The van der Waals surface area contributed by atoms with E-state index >= 15 is 0 Å². The van der Waals surface area contributed by atoms with E-state index in [4.69, 9.17) is 10.2 Å². The largest absolute Gasteiger partial charge is 0.462 e. The molecule has 0 radical (unpaired) electrons. The van der Waals surface area contributed by atoms with E-state index in [0.717, 1.165) is 0 Å². The number of hydrogen-bond acceptors (Lipinski definition) is 5. The summed E-state index contributed by atoms with van der Waals surface area (Å²) in [5.74, 6) is 0.543. The molecule has 0 aliphatic carbocycles. The van der Waals surface area contributed by atoms with Crippen LogP contribution >= 0.6 is 0 Å². The second-order valence-electron chi connectivity index (χ2n) is 2.84. The molecule has 2 aromatic heterocycles. The summed E-state index contributed by atoms with van der Waals surface area (Å²) < 4.78 is 5.04. The normalized spacial score (nSPS) is 10.1. The molecule has 2 aromatic rings. The van der Waals surface area contributed by atoms with Gasteiger partial charge in [0.1, 0.15) is 5.82 Å². The van der Waals surface area contributed by atoms with Gasteiger partial charge in [-0.25, -0.2) is 4.98 Å². The zero-order valence-corrected chi connectivity index (χ0v) is 7.58. The van der Waals surface area contributed by atoms with Gasteiger partial charge in [0.25, 0.3) is 5.69 Å². The van der Waals surface area contributed by atoms with Crippen molar-refractivity contribution in [2.24, 2.45) is 0 Å². The van der Waals surface area contributed by atoms with Crippen LogP contribution in [0, 0.1) is 10.1 Å². The molecule has 0 aliphatic rings. The van der Waals surface area contributed by atoms with Gasteiger partial charge in [0.15, 0.2) is 11.5 Å². The molecule has 0 saturated heterocycles. The Bertz CT molecular complexity index is 493. The van der Waals surface area contributed by atoms with Gasteiger partial charge in [0.2, 0.25) is 0 Å². The SMILES string of the molecule is Nc1ccc([N+](=O)[O-])c(-c2ccco2)n1. The lowest BCUT2D eigenvalue weighted by Gasteiger charge is -1.99. The van der Waals surface area contributed by atoms with Crippen LogP contribution in [-0.4, -0.2) is 9.91 Å². The lowest BCUT2D eigenvalue weighted by Crippen LogP contribution is -1.97. The highest BCUT2D eigenvalue weighted by molar-refractivity contribution is 5.66. The second kappa shape index (κ2) is 3.41. The molecule has 2 heterocycles. The molecule has 76 valence electrons. The summed E-state index contributed by atoms with van der Waals surface area (Å²) in [7, 11) is 0. The topological polar surface area (TPSA) is 95.2 Å². The summed E-state index contributed by atoms with van der Waals surface area (Å²) in [5.41, 5.74) is 5.48. The van der Waals surface area contributed by atoms with Gasteiger partial charge < -0.3 is 10.2 Å². The number of nitrogens with zero attached hydrogens (tertiary/aromatic N) is 2. The fraction of sp³-hybridized carbons (Fsp3) is 0. The predicted molar refractivity (Wildman–Crippen MR) is 53.0 cm³/mol. The summed E-state index contributed by atoms with van der Waals surface area (Å²) in [6.07, 6.45) is 1.42. The quantitative estimate of drug-likeness (QED) is 0.596. The average Bonchev–Trinajstić information content (AvgIpc) is 2.69. The Morgan fingerprint density at radius 1 is 1.40 bits per heavy atom. The third kappa shape index (κ3) is 1.64. The molecule has 0 saturated carbocycles. The van der Waals surface area contributed by atoms with Crippen molar-refractivity contribution in [2.45, 2.75) is 0 Å². The minimum Gasteiger partial charge on any atom is -0.462 e. The number of furan rings is 1. The summed E-state index contributed by atoms with van der Waals surface area (Å²) in [4.78, 5) is 14.1. The highest BCUT2D eigenvalue weighted by Gasteiger charge is 2.18. The third-order valence-electron chi connectivity index (χ3n) is 1.85. The first-order chi connectivity index (χ1) is 7.18. The van der Waals surface area contributed by atoms with Crippen molar-refractivity contribution in [1.82, 2.24) is 4.98 Å². The molecule has 0 aliphatic heterocycles. The monoisotopic (exact) mass is 205 g/mol. The lowest BCUT2D eigenvalue weighted by molar-refractivity contribution is -0.384. The number of rotatable bonds is 2. The van der Waals surface area contributed by atoms with Gasteiger partial charge in [0, 0.05) is 6.07 Å². The van der Waals surface area contributed by atoms with Crippen molar-refractivity contribution in [1.29, 1.82) is 0 Å². The van der Waals surface area contributed by atoms with E-state index in [2.05, 4.69) is 4.98 Å². The first-order valence-electron chi connectivity index (χ1n) is 4.13. The average molecular weight is 205 g/mol. The van der Waals surface area contributed by atoms with Gasteiger partial charge in [-0.15, -0.1) is 0 Å². The molecule has 0 amide bonds. The fourth-order valence-electron chi connectivity index (χ4n) is 1.21. The maximum atomic E-state index is 10.7. The van der Waals surface area contributed by atoms with Crippen molar-refractivity contribution in [3.8, 4) is 11.5 Å². The molecule has 0 unspecified atom stereocenters. The molecular formula is C9H7N3O3. The van der Waals surface area contributed by atoms with Crippen LogP contribution in [0.3, 0.4) is 0 Å². The highest BCUT2D eigenvalue weighted by atomic mass is 16.6. The molecular weight excluding hydrogens is 198 g/mol. The van der Waals surface area contributed by atoms with E-state index < -0.39 is 4.92 Å². The van der Waals surface area contributed by atoms with E-state index in [-0.39, 0.29) is 17.2 Å². The zero-order valence-electron chi connectivity index (χ0n) is 7.58. The molecule has 15 heavy (non-hydrogen) atoms. The number of pyridine rings is 1. The number of aromatic nitrogens is 1. The standard InChI is InChI=1S/C9H7N3O3/c10-8-4-3-6(12(13)14)9(11-8)7-2-1-5-15-7/h1-5H,(H2,10,11). The van der Waals surface area contributed by atoms with Crippen molar-refractivity contribution in [3.63, 3.8) is 0 Å². The van der Waals surface area contributed by atoms with Crippen LogP contribution in [-0.2, 0) is 0 Å². The Labute approximate surface area is 84.5 Å². The highest BCUT2D eigenvalue weighted by Crippen LogP contribution is 2.28. The van der Waals surface area contributed by atoms with Crippen molar-refractivity contribution in [3.05, 3.63) is 40.6 Å². The smallest absolute Gasteiger partial charge is 0.298 e. The minimum atomic E-state index is -0.524. The van der Waals surface area contributed by atoms with Crippen LogP contribution < -0.4 is 5.73 Å². The molecule has 0 atom stereocenters. The van der Waals surface area contributed by atoms with Gasteiger partial charge in [-0.2, -0.15) is 0 Å². The molecule has 0 aromatic carbocycles. The first-order valence-corrected chi connectivity index (χ1v) is 4.13. The van der Waals surface area contributed by atoms with Crippen LogP contribution in [0.25, 0.3) is 11.5 Å². The van der Waals surface area contributed by atoms with Crippen LogP contribution in [0.1, 0.15) is 0 Å². The molecule has 2 N–H and O–H groups in total. The van der Waals surface area contributed by atoms with E-state index in [9.17, 15) is 10.1 Å². The predicted octanol–water partition coefficient (Wildman–Crippen LogP) is 1.83. The maximum Gasteiger partial charge on any atom is 0.298 e. The molecule has 6 nitrogen and oxygen atoms in total. The van der Waals surface area contributed by atoms with Gasteiger partial charge in [-0.05, 0) is 18.2 Å². The van der Waals surface area contributed by atoms with Crippen LogP contribution in [0.2, 0.25) is 0 Å². The van der Waals surface area contributed by atoms with Crippen LogP contribution in [0.15, 0.2) is 34.9 Å². The van der Waals surface area contributed by atoms with Gasteiger partial charge in [0.05, 0.1) is 11.2 Å². The first kappa shape index (κ1) is 9.20. The number of nitrogens with two attached hydrogens (primary N) is 1. The molecule has 0 fully saturated rings. The van der Waals surface area contributed by atoms with Gasteiger partial charge in [-0.3, -0.25) is 10.1 Å². The van der Waals surface area contributed by atoms with Crippen molar-refractivity contribution >= 4 is 11.5 Å². The van der Waals surface area contributed by atoms with Crippen molar-refractivity contribution in [2.75, 3.05) is 5.73 Å². The lowest BCUT2D eigenvalue weighted by atomic mass is 10.2. The molecule has 0 bridgehead atoms. The summed E-state index contributed by atoms with van der Waals surface area (Å²) >= 11 is 0. The molecule has 2 rings (SSSR count). The minimum absolute atomic E-state index is 0.126. The fourth-order valence-corrected chi connectivity index (χ4v) is 1.21. The van der Waals surface area contributed by atoms with Crippen LogP contribution in [0.4, 0.5) is 11.5 Å². The van der Waals surface area contributed by atoms with E-state index in [1.807, 2.05) is 0 Å². The van der Waals surface area contributed by atoms with Crippen molar-refractivity contribution < 1.29 is 9.34 Å². The Balaban J connectivity index is 2.63. The van der Waals surface area contributed by atoms with Gasteiger partial charge >= 0.3 is 0 Å². The zero-order chi connectivity index (χ0) is 10.8. The second-order valence-corrected chi connectivity index (χ2v) is 2.84. The van der Waals surface area contributed by atoms with Crippen LogP contribution in [0.5, 0.6) is 0 Å². The Hall–Kier alpha value is -2.37. The van der Waals surface area contributed by atoms with E-state index in [1.54, 1.807) is 12.1 Å². The van der Waals surface area contributed by atoms with Gasteiger partial charge in [-0.1, -0.05) is 0 Å². The summed E-state index contributed by atoms with van der Waals surface area (Å²) in [6, 6.07) is 5.91. The number of anilines is 1. The Morgan fingerprint density at radius 2 is 2.20 bits per heavy atom. The van der Waals surface area contributed by atoms with E-state index in [1.165, 1.54) is 18.4 Å². The summed E-state index contributed by atoms with van der Waals surface area (Å²) in [5, 5.41) is 10.7. The van der Waals surface area contributed by atoms with E-state index in [0.29, 0.717) is 5.76 Å². The molecule has 0 spiro atoms. The summed E-state index contributed by atoms with van der Waals surface area (Å²) in [6.45, 7) is 0. The number of hydrogen-bond donors (Lipinski definition) is 1. The molecule has 6 heteroatoms. The Morgan fingerprint density at radius 3 is 2.80 bits per heavy atom. The number of nitrogen functional groups attached to an aromatic ring is 1. The third-order valence-corrected chi connectivity index (χ3v) is 1.85.